The molecule has 1 rings (SSSR count). The van der Waals surface area contributed by atoms with E-state index in [2.05, 4.69) is 0 Å². The molecule has 1 aliphatic heterocycles. The van der Waals surface area contributed by atoms with Crippen molar-refractivity contribution < 1.29 is 9.32 Å². The molecule has 0 amide bonds. The third-order valence-electron chi connectivity index (χ3n) is 2.47. The van der Waals surface area contributed by atoms with Crippen LogP contribution < -0.4 is 0 Å². The van der Waals surface area contributed by atoms with E-state index in [0.29, 0.717) is 0 Å². The van der Waals surface area contributed by atoms with Crippen molar-refractivity contribution in [3.8, 4) is 0 Å². The maximum atomic E-state index is 11.6. The van der Waals surface area contributed by atoms with Crippen LogP contribution in [-0.4, -0.2) is 38.1 Å². The van der Waals surface area contributed by atoms with Gasteiger partial charge < -0.3 is 5.11 Å². The molecule has 1 aliphatic rings. The lowest BCUT2D eigenvalue weighted by Crippen LogP contribution is -2.43. The monoisotopic (exact) mass is 205 g/mol. The van der Waals surface area contributed by atoms with E-state index in [4.69, 9.17) is 0 Å². The van der Waals surface area contributed by atoms with Gasteiger partial charge in [-0.3, -0.25) is 0 Å². The molecule has 0 aromatic carbocycles. The summed E-state index contributed by atoms with van der Waals surface area (Å²) in [6.07, 6.45) is 2.43. The van der Waals surface area contributed by atoms with E-state index in [-0.39, 0.29) is 0 Å². The van der Waals surface area contributed by atoms with Crippen LogP contribution in [0.1, 0.15) is 33.1 Å². The molecule has 1 N–H and O–H groups in total. The van der Waals surface area contributed by atoms with Crippen molar-refractivity contribution in [2.75, 3.05) is 18.8 Å². The van der Waals surface area contributed by atoms with E-state index in [1.54, 1.807) is 0 Å². The Bertz CT molecular complexity index is 184. The summed E-state index contributed by atoms with van der Waals surface area (Å²) in [5.74, 6) is 0.752. The van der Waals surface area contributed by atoms with Crippen LogP contribution in [0.5, 0.6) is 0 Å². The van der Waals surface area contributed by atoms with Gasteiger partial charge in [-0.15, -0.1) is 0 Å². The second kappa shape index (κ2) is 4.53. The van der Waals surface area contributed by atoms with Crippen molar-refractivity contribution in [1.29, 1.82) is 0 Å². The van der Waals surface area contributed by atoms with E-state index in [0.717, 1.165) is 38.1 Å². The van der Waals surface area contributed by atoms with Crippen molar-refractivity contribution in [2.45, 2.75) is 38.7 Å². The van der Waals surface area contributed by atoms with Crippen LogP contribution in [0.2, 0.25) is 0 Å². The summed E-state index contributed by atoms with van der Waals surface area (Å²) in [6, 6.07) is 0. The standard InChI is InChI=1S/C9H19NO2S/c1-3-8-13(12)10-6-4-9(2,11)5-7-10/h11H,3-8H2,1-2H3. The van der Waals surface area contributed by atoms with Crippen molar-refractivity contribution in [2.24, 2.45) is 0 Å². The highest BCUT2D eigenvalue weighted by Crippen LogP contribution is 2.21. The molecule has 0 radical (unpaired) electrons. The molecule has 4 heteroatoms. The summed E-state index contributed by atoms with van der Waals surface area (Å²) in [5.41, 5.74) is -0.535. The Hall–Kier alpha value is 0.0700. The van der Waals surface area contributed by atoms with Gasteiger partial charge in [-0.1, -0.05) is 6.92 Å². The minimum absolute atomic E-state index is 0.535. The highest BCUT2D eigenvalue weighted by atomic mass is 32.2. The number of hydrogen-bond acceptors (Lipinski definition) is 2. The molecule has 1 unspecified atom stereocenters. The smallest absolute Gasteiger partial charge is 0.0942 e. The summed E-state index contributed by atoms with van der Waals surface area (Å²) >= 11 is 0. The van der Waals surface area contributed by atoms with Crippen LogP contribution >= 0.6 is 0 Å². The molecule has 78 valence electrons. The minimum atomic E-state index is -0.817. The van der Waals surface area contributed by atoms with E-state index < -0.39 is 16.6 Å². The molecule has 0 aromatic rings. The Morgan fingerprint density at radius 1 is 1.46 bits per heavy atom. The predicted octanol–water partition coefficient (Wildman–Crippen LogP) is 0.907. The Labute approximate surface area is 82.7 Å². The van der Waals surface area contributed by atoms with Gasteiger partial charge in [0.2, 0.25) is 0 Å². The average Bonchev–Trinajstić information content (AvgIpc) is 2.04. The van der Waals surface area contributed by atoms with Gasteiger partial charge in [-0.05, 0) is 26.2 Å². The predicted molar refractivity (Wildman–Crippen MR) is 54.7 cm³/mol. The van der Waals surface area contributed by atoms with E-state index >= 15 is 0 Å². The van der Waals surface area contributed by atoms with Crippen molar-refractivity contribution in [3.05, 3.63) is 0 Å². The molecule has 1 heterocycles. The van der Waals surface area contributed by atoms with Crippen LogP contribution in [-0.2, 0) is 11.0 Å². The first-order valence-corrected chi connectivity index (χ1v) is 6.18. The highest BCUT2D eigenvalue weighted by Gasteiger charge is 2.29. The lowest BCUT2D eigenvalue weighted by molar-refractivity contribution is 0.0134. The summed E-state index contributed by atoms with van der Waals surface area (Å²) < 4.78 is 13.5. The van der Waals surface area contributed by atoms with Crippen LogP contribution in [0.4, 0.5) is 0 Å². The van der Waals surface area contributed by atoms with Gasteiger partial charge in [0.25, 0.3) is 0 Å². The minimum Gasteiger partial charge on any atom is -0.390 e. The molecule has 1 atom stereocenters. The first kappa shape index (κ1) is 11.1. The number of aliphatic hydroxyl groups is 1. The Kier molecular flexibility index (Phi) is 3.88. The average molecular weight is 205 g/mol. The molecule has 3 nitrogen and oxygen atoms in total. The third-order valence-corrected chi connectivity index (χ3v) is 4.16. The van der Waals surface area contributed by atoms with E-state index in [1.807, 2.05) is 18.2 Å². The summed E-state index contributed by atoms with van der Waals surface area (Å²) in [4.78, 5) is 0. The van der Waals surface area contributed by atoms with Gasteiger partial charge in [0.15, 0.2) is 0 Å². The fourth-order valence-electron chi connectivity index (χ4n) is 1.48. The Morgan fingerprint density at radius 3 is 2.46 bits per heavy atom. The topological polar surface area (TPSA) is 40.5 Å². The normalized spacial score (nSPS) is 25.8. The molecular formula is C9H19NO2S. The van der Waals surface area contributed by atoms with Gasteiger partial charge in [0.1, 0.15) is 0 Å². The van der Waals surface area contributed by atoms with Crippen LogP contribution in [0.25, 0.3) is 0 Å². The maximum absolute atomic E-state index is 11.6. The first-order chi connectivity index (χ1) is 6.05. The maximum Gasteiger partial charge on any atom is 0.0942 e. The summed E-state index contributed by atoms with van der Waals surface area (Å²) in [5, 5.41) is 9.68. The van der Waals surface area contributed by atoms with E-state index in [1.165, 1.54) is 0 Å². The van der Waals surface area contributed by atoms with Crippen LogP contribution in [0.15, 0.2) is 0 Å². The van der Waals surface area contributed by atoms with Gasteiger partial charge in [0.05, 0.1) is 16.6 Å². The molecule has 0 bridgehead atoms. The largest absolute Gasteiger partial charge is 0.390 e. The molecule has 0 saturated carbocycles. The van der Waals surface area contributed by atoms with Gasteiger partial charge in [-0.2, -0.15) is 0 Å². The van der Waals surface area contributed by atoms with Crippen LogP contribution in [0, 0.1) is 0 Å². The first-order valence-electron chi connectivity index (χ1n) is 4.91. The van der Waals surface area contributed by atoms with Crippen molar-refractivity contribution in [3.63, 3.8) is 0 Å². The zero-order valence-corrected chi connectivity index (χ0v) is 9.27. The Morgan fingerprint density at radius 2 is 2.00 bits per heavy atom. The van der Waals surface area contributed by atoms with Crippen molar-refractivity contribution >= 4 is 11.0 Å². The molecule has 0 spiro atoms. The number of hydrogen-bond donors (Lipinski definition) is 1. The lowest BCUT2D eigenvalue weighted by atomic mass is 9.95. The van der Waals surface area contributed by atoms with Gasteiger partial charge in [0, 0.05) is 18.8 Å². The zero-order chi connectivity index (χ0) is 9.90. The number of nitrogens with zero attached hydrogens (tertiary/aromatic N) is 1. The van der Waals surface area contributed by atoms with Crippen molar-refractivity contribution in [1.82, 2.24) is 4.31 Å². The second-order valence-electron chi connectivity index (χ2n) is 3.95. The molecule has 0 aromatic heterocycles. The Balaban J connectivity index is 2.36. The molecule has 13 heavy (non-hydrogen) atoms. The van der Waals surface area contributed by atoms with Gasteiger partial charge >= 0.3 is 0 Å². The van der Waals surface area contributed by atoms with Crippen LogP contribution in [0.3, 0.4) is 0 Å². The fourth-order valence-corrected chi connectivity index (χ4v) is 2.67. The fraction of sp³-hybridized carbons (Fsp3) is 1.00. The molecule has 1 fully saturated rings. The lowest BCUT2D eigenvalue weighted by Gasteiger charge is -2.34. The number of piperidine rings is 1. The SMILES string of the molecule is CCCS(=O)N1CCC(C)(O)CC1. The quantitative estimate of drug-likeness (QED) is 0.744. The molecular weight excluding hydrogens is 186 g/mol. The molecule has 1 saturated heterocycles. The zero-order valence-electron chi connectivity index (χ0n) is 8.45. The van der Waals surface area contributed by atoms with Gasteiger partial charge in [-0.25, -0.2) is 8.51 Å². The summed E-state index contributed by atoms with van der Waals surface area (Å²) in [7, 11) is -0.817. The number of rotatable bonds is 3. The second-order valence-corrected chi connectivity index (χ2v) is 5.52. The molecule has 0 aliphatic carbocycles. The highest BCUT2D eigenvalue weighted by molar-refractivity contribution is 7.82. The third kappa shape index (κ3) is 3.37. The van der Waals surface area contributed by atoms with E-state index in [9.17, 15) is 9.32 Å². The summed E-state index contributed by atoms with van der Waals surface area (Å²) in [6.45, 7) is 5.42.